The van der Waals surface area contributed by atoms with Crippen LogP contribution in [0.1, 0.15) is 11.1 Å². The third-order valence-electron chi connectivity index (χ3n) is 3.49. The molecule has 0 heterocycles. The van der Waals surface area contributed by atoms with E-state index in [0.717, 1.165) is 15.6 Å². The number of hydrogen-bond acceptors (Lipinski definition) is 0. The molecule has 0 fully saturated rings. The molecular formula is C16H13Br3F2. The van der Waals surface area contributed by atoms with Gasteiger partial charge in [-0.15, -0.1) is 0 Å². The summed E-state index contributed by atoms with van der Waals surface area (Å²) in [4.78, 5) is 0. The first-order valence-corrected chi connectivity index (χ1v) is 9.36. The Kier molecular flexibility index (Phi) is 5.97. The third-order valence-corrected chi connectivity index (χ3v) is 6.17. The highest BCUT2D eigenvalue weighted by molar-refractivity contribution is 9.10. The van der Waals surface area contributed by atoms with E-state index in [9.17, 15) is 8.78 Å². The van der Waals surface area contributed by atoms with Crippen LogP contribution in [0, 0.1) is 11.6 Å². The summed E-state index contributed by atoms with van der Waals surface area (Å²) in [5.41, 5.74) is 1.70. The van der Waals surface area contributed by atoms with Crippen LogP contribution in [0.3, 0.4) is 0 Å². The first-order valence-electron chi connectivity index (χ1n) is 6.33. The van der Waals surface area contributed by atoms with Crippen molar-refractivity contribution >= 4 is 47.8 Å². The average Bonchev–Trinajstić information content (AvgIpc) is 2.49. The third kappa shape index (κ3) is 3.93. The summed E-state index contributed by atoms with van der Waals surface area (Å²) >= 11 is 10.6. The van der Waals surface area contributed by atoms with Crippen molar-refractivity contribution in [3.63, 3.8) is 0 Å². The van der Waals surface area contributed by atoms with Crippen LogP contribution in [0.2, 0.25) is 0 Å². The van der Waals surface area contributed by atoms with Crippen molar-refractivity contribution in [1.82, 2.24) is 0 Å². The van der Waals surface area contributed by atoms with Crippen molar-refractivity contribution < 1.29 is 8.78 Å². The second-order valence-corrected chi connectivity index (χ2v) is 7.02. The molecule has 0 N–H and O–H groups in total. The Labute approximate surface area is 148 Å². The van der Waals surface area contributed by atoms with Crippen molar-refractivity contribution in [2.45, 2.75) is 11.8 Å². The maximum absolute atomic E-state index is 13.4. The molecule has 112 valence electrons. The highest BCUT2D eigenvalue weighted by Gasteiger charge is 2.30. The molecule has 0 aromatic heterocycles. The first kappa shape index (κ1) is 17.1. The summed E-state index contributed by atoms with van der Waals surface area (Å²) in [6.07, 6.45) is 0.613. The van der Waals surface area contributed by atoms with Crippen molar-refractivity contribution in [2.24, 2.45) is 0 Å². The van der Waals surface area contributed by atoms with E-state index in [0.29, 0.717) is 17.1 Å². The van der Waals surface area contributed by atoms with E-state index in [2.05, 4.69) is 47.8 Å². The molecule has 0 unspecified atom stereocenters. The molecule has 0 bridgehead atoms. The van der Waals surface area contributed by atoms with Gasteiger partial charge in [-0.1, -0.05) is 66.0 Å². The lowest BCUT2D eigenvalue weighted by Gasteiger charge is -2.31. The van der Waals surface area contributed by atoms with Crippen LogP contribution in [-0.4, -0.2) is 10.7 Å². The van der Waals surface area contributed by atoms with Crippen molar-refractivity contribution in [3.05, 3.63) is 69.7 Å². The smallest absolute Gasteiger partial charge is 0.159 e. The molecule has 0 aliphatic carbocycles. The van der Waals surface area contributed by atoms with E-state index in [4.69, 9.17) is 0 Å². The van der Waals surface area contributed by atoms with E-state index >= 15 is 0 Å². The van der Waals surface area contributed by atoms with Gasteiger partial charge in [0.15, 0.2) is 11.6 Å². The monoisotopic (exact) mass is 480 g/mol. The lowest BCUT2D eigenvalue weighted by molar-refractivity contribution is 0.501. The maximum atomic E-state index is 13.4. The lowest BCUT2D eigenvalue weighted by Crippen LogP contribution is -2.33. The minimum absolute atomic E-state index is 0.217. The summed E-state index contributed by atoms with van der Waals surface area (Å²) in [5.74, 6) is -1.62. The van der Waals surface area contributed by atoms with Crippen LogP contribution in [0.5, 0.6) is 0 Å². The fourth-order valence-corrected chi connectivity index (χ4v) is 4.47. The second kappa shape index (κ2) is 7.34. The molecule has 2 aromatic rings. The van der Waals surface area contributed by atoms with Gasteiger partial charge in [0.1, 0.15) is 0 Å². The molecule has 21 heavy (non-hydrogen) atoms. The summed E-state index contributed by atoms with van der Waals surface area (Å²) in [7, 11) is 0. The minimum atomic E-state index is -0.814. The standard InChI is InChI=1S/C16H13Br3F2/c17-9-16(10-18,12-2-4-13(19)5-3-12)8-11-1-6-14(20)15(21)7-11/h1-7H,8-10H2. The van der Waals surface area contributed by atoms with Crippen LogP contribution in [0.15, 0.2) is 46.9 Å². The average molecular weight is 483 g/mol. The van der Waals surface area contributed by atoms with Gasteiger partial charge in [0.05, 0.1) is 0 Å². The van der Waals surface area contributed by atoms with Crippen LogP contribution in [0.4, 0.5) is 8.78 Å². The van der Waals surface area contributed by atoms with Gasteiger partial charge < -0.3 is 0 Å². The van der Waals surface area contributed by atoms with Crippen LogP contribution in [-0.2, 0) is 11.8 Å². The Bertz CT molecular complexity index is 607. The SMILES string of the molecule is Fc1ccc(CC(CBr)(CBr)c2ccc(Br)cc2)cc1F. The Morgan fingerprint density at radius 1 is 0.857 bits per heavy atom. The first-order chi connectivity index (χ1) is 10.0. The normalized spacial score (nSPS) is 11.7. The highest BCUT2D eigenvalue weighted by Crippen LogP contribution is 2.34. The molecule has 0 atom stereocenters. The van der Waals surface area contributed by atoms with E-state index in [-0.39, 0.29) is 5.41 Å². The Morgan fingerprint density at radius 2 is 1.48 bits per heavy atom. The molecule has 5 heteroatoms. The molecule has 2 aromatic carbocycles. The topological polar surface area (TPSA) is 0 Å². The molecule has 0 aliphatic heterocycles. The zero-order chi connectivity index (χ0) is 15.5. The fourth-order valence-electron chi connectivity index (χ4n) is 2.23. The Hall–Kier alpha value is -0.260. The molecule has 0 nitrogen and oxygen atoms in total. The summed E-state index contributed by atoms with van der Waals surface area (Å²) in [5, 5.41) is 1.43. The summed E-state index contributed by atoms with van der Waals surface area (Å²) in [6, 6.07) is 12.2. The van der Waals surface area contributed by atoms with Gasteiger partial charge in [-0.3, -0.25) is 0 Å². The van der Waals surface area contributed by atoms with Gasteiger partial charge in [0.2, 0.25) is 0 Å². The number of benzene rings is 2. The lowest BCUT2D eigenvalue weighted by atomic mass is 9.79. The number of rotatable bonds is 5. The van der Waals surface area contributed by atoms with Crippen molar-refractivity contribution in [2.75, 3.05) is 10.7 Å². The van der Waals surface area contributed by atoms with Crippen molar-refractivity contribution in [3.8, 4) is 0 Å². The molecule has 0 saturated carbocycles. The van der Waals surface area contributed by atoms with E-state index < -0.39 is 11.6 Å². The Balaban J connectivity index is 2.37. The van der Waals surface area contributed by atoms with Crippen LogP contribution < -0.4 is 0 Å². The largest absolute Gasteiger partial charge is 0.204 e. The van der Waals surface area contributed by atoms with Gasteiger partial charge >= 0.3 is 0 Å². The predicted octanol–water partition coefficient (Wildman–Crippen LogP) is 6.00. The quantitative estimate of drug-likeness (QED) is 0.459. The van der Waals surface area contributed by atoms with Crippen LogP contribution >= 0.6 is 47.8 Å². The second-order valence-electron chi connectivity index (χ2n) is 4.98. The van der Waals surface area contributed by atoms with Gasteiger partial charge in [-0.2, -0.15) is 0 Å². The predicted molar refractivity (Wildman–Crippen MR) is 93.5 cm³/mol. The van der Waals surface area contributed by atoms with Crippen molar-refractivity contribution in [1.29, 1.82) is 0 Å². The number of halogens is 5. The summed E-state index contributed by atoms with van der Waals surface area (Å²) < 4.78 is 27.5. The number of alkyl halides is 2. The molecule has 0 radical (unpaired) electrons. The Morgan fingerprint density at radius 3 is 2.00 bits per heavy atom. The van der Waals surface area contributed by atoms with E-state index in [1.165, 1.54) is 12.1 Å². The van der Waals surface area contributed by atoms with E-state index in [1.807, 2.05) is 24.3 Å². The number of hydrogen-bond donors (Lipinski definition) is 0. The minimum Gasteiger partial charge on any atom is -0.204 e. The summed E-state index contributed by atoms with van der Waals surface area (Å²) in [6.45, 7) is 0. The van der Waals surface area contributed by atoms with Gasteiger partial charge in [0.25, 0.3) is 0 Å². The molecule has 0 amide bonds. The zero-order valence-corrected chi connectivity index (χ0v) is 15.8. The van der Waals surface area contributed by atoms with Gasteiger partial charge in [-0.25, -0.2) is 8.78 Å². The van der Waals surface area contributed by atoms with Crippen LogP contribution in [0.25, 0.3) is 0 Å². The highest BCUT2D eigenvalue weighted by atomic mass is 79.9. The fraction of sp³-hybridized carbons (Fsp3) is 0.250. The maximum Gasteiger partial charge on any atom is 0.159 e. The van der Waals surface area contributed by atoms with E-state index in [1.54, 1.807) is 6.07 Å². The molecule has 0 spiro atoms. The zero-order valence-electron chi connectivity index (χ0n) is 11.1. The molecule has 0 saturated heterocycles. The molecular weight excluding hydrogens is 470 g/mol. The van der Waals surface area contributed by atoms with Gasteiger partial charge in [0, 0.05) is 20.5 Å². The van der Waals surface area contributed by atoms with Gasteiger partial charge in [-0.05, 0) is 41.8 Å². The molecule has 0 aliphatic rings. The molecule has 2 rings (SSSR count).